The van der Waals surface area contributed by atoms with Gasteiger partial charge >= 0.3 is 0 Å². The van der Waals surface area contributed by atoms with Gasteiger partial charge in [-0.05, 0) is 43.7 Å². The van der Waals surface area contributed by atoms with E-state index in [-0.39, 0.29) is 5.91 Å². The lowest BCUT2D eigenvalue weighted by molar-refractivity contribution is 0.103. The van der Waals surface area contributed by atoms with Gasteiger partial charge in [-0.3, -0.25) is 4.79 Å². The smallest absolute Gasteiger partial charge is 0.267 e. The van der Waals surface area contributed by atoms with Crippen molar-refractivity contribution in [1.82, 2.24) is 4.98 Å². The number of carbonyl (C=O) groups is 1. The van der Waals surface area contributed by atoms with Crippen molar-refractivity contribution in [3.05, 3.63) is 50.9 Å². The van der Waals surface area contributed by atoms with Crippen LogP contribution in [0.4, 0.5) is 11.4 Å². The second kappa shape index (κ2) is 5.70. The molecule has 2 heterocycles. The van der Waals surface area contributed by atoms with Crippen molar-refractivity contribution in [3.8, 4) is 0 Å². The minimum absolute atomic E-state index is 0.212. The van der Waals surface area contributed by atoms with Crippen LogP contribution in [0.3, 0.4) is 0 Å². The molecule has 6 heteroatoms. The van der Waals surface area contributed by atoms with Crippen LogP contribution in [-0.4, -0.2) is 10.9 Å². The molecule has 1 aromatic carbocycles. The van der Waals surface area contributed by atoms with Gasteiger partial charge in [0.2, 0.25) is 0 Å². The van der Waals surface area contributed by atoms with Crippen molar-refractivity contribution < 1.29 is 4.79 Å². The van der Waals surface area contributed by atoms with Crippen molar-refractivity contribution in [2.75, 3.05) is 11.1 Å². The Kier molecular flexibility index (Phi) is 3.88. The molecule has 112 valence electrons. The monoisotopic (exact) mass is 375 g/mol. The second-order valence-corrected chi connectivity index (χ2v) is 6.98. The topological polar surface area (TPSA) is 68.0 Å². The molecule has 0 unspecified atom stereocenters. The number of nitrogen functional groups attached to an aromatic ring is 1. The largest absolute Gasteiger partial charge is 0.397 e. The van der Waals surface area contributed by atoms with E-state index in [1.165, 1.54) is 11.3 Å². The summed E-state index contributed by atoms with van der Waals surface area (Å²) in [5, 5.41) is 3.74. The zero-order valence-electron chi connectivity index (χ0n) is 12.1. The zero-order valence-corrected chi connectivity index (χ0v) is 14.5. The molecule has 0 aliphatic carbocycles. The molecule has 4 nitrogen and oxygen atoms in total. The average Bonchev–Trinajstić information content (AvgIpc) is 2.76. The summed E-state index contributed by atoms with van der Waals surface area (Å²) >= 11 is 4.71. The molecule has 0 radical (unpaired) electrons. The second-order valence-electron chi connectivity index (χ2n) is 5.07. The van der Waals surface area contributed by atoms with Gasteiger partial charge in [0, 0.05) is 21.2 Å². The van der Waals surface area contributed by atoms with Crippen LogP contribution in [0.1, 0.15) is 20.9 Å². The Hall–Kier alpha value is -1.92. The van der Waals surface area contributed by atoms with E-state index in [2.05, 4.69) is 26.2 Å². The molecule has 0 aliphatic rings. The van der Waals surface area contributed by atoms with Crippen LogP contribution in [-0.2, 0) is 0 Å². The van der Waals surface area contributed by atoms with Crippen LogP contribution < -0.4 is 11.1 Å². The summed E-state index contributed by atoms with van der Waals surface area (Å²) in [6.45, 7) is 3.92. The summed E-state index contributed by atoms with van der Waals surface area (Å²) in [5.41, 5.74) is 9.35. The third kappa shape index (κ3) is 2.71. The number of fused-ring (bicyclic) bond motifs is 1. The fourth-order valence-electron chi connectivity index (χ4n) is 2.39. The van der Waals surface area contributed by atoms with E-state index in [0.717, 1.165) is 31.6 Å². The molecule has 3 rings (SSSR count). The summed E-state index contributed by atoms with van der Waals surface area (Å²) in [5.74, 6) is -0.212. The van der Waals surface area contributed by atoms with Gasteiger partial charge in [0.15, 0.2) is 0 Å². The lowest BCUT2D eigenvalue weighted by Crippen LogP contribution is -2.11. The predicted octanol–water partition coefficient (Wildman–Crippen LogP) is 4.51. The van der Waals surface area contributed by atoms with Crippen molar-refractivity contribution in [1.29, 1.82) is 0 Å². The number of halogens is 1. The highest BCUT2D eigenvalue weighted by molar-refractivity contribution is 9.10. The number of carbonyl (C=O) groups excluding carboxylic acids is 1. The number of nitrogens with two attached hydrogens (primary N) is 1. The molecule has 0 aliphatic heterocycles. The molecule has 2 aromatic heterocycles. The molecular weight excluding hydrogens is 362 g/mol. The number of anilines is 2. The van der Waals surface area contributed by atoms with Gasteiger partial charge < -0.3 is 11.1 Å². The SMILES string of the molecule is Cc1cc(C)c2c(N)c(C(=O)Nc3cccc(Br)c3)sc2n1. The Labute approximate surface area is 140 Å². The summed E-state index contributed by atoms with van der Waals surface area (Å²) in [6, 6.07) is 9.42. The molecule has 0 spiro atoms. The Morgan fingerprint density at radius 1 is 1.32 bits per heavy atom. The van der Waals surface area contributed by atoms with Crippen molar-refractivity contribution in [2.24, 2.45) is 0 Å². The van der Waals surface area contributed by atoms with E-state index in [9.17, 15) is 4.79 Å². The summed E-state index contributed by atoms with van der Waals surface area (Å²) in [4.78, 5) is 18.3. The van der Waals surface area contributed by atoms with E-state index in [1.807, 2.05) is 44.2 Å². The number of pyridine rings is 1. The van der Waals surface area contributed by atoms with Gasteiger partial charge in [-0.25, -0.2) is 4.98 Å². The predicted molar refractivity (Wildman–Crippen MR) is 95.6 cm³/mol. The normalized spacial score (nSPS) is 10.9. The Balaban J connectivity index is 2.01. The van der Waals surface area contributed by atoms with Gasteiger partial charge in [-0.2, -0.15) is 0 Å². The highest BCUT2D eigenvalue weighted by Gasteiger charge is 2.19. The van der Waals surface area contributed by atoms with Crippen LogP contribution in [0.25, 0.3) is 10.2 Å². The molecule has 3 aromatic rings. The van der Waals surface area contributed by atoms with E-state index >= 15 is 0 Å². The van der Waals surface area contributed by atoms with Crippen molar-refractivity contribution >= 4 is 54.8 Å². The first kappa shape index (κ1) is 15.0. The number of rotatable bonds is 2. The molecule has 1 amide bonds. The number of aryl methyl sites for hydroxylation is 2. The van der Waals surface area contributed by atoms with Gasteiger partial charge in [-0.1, -0.05) is 22.0 Å². The maximum atomic E-state index is 12.5. The fourth-order valence-corrected chi connectivity index (χ4v) is 3.90. The van der Waals surface area contributed by atoms with Crippen LogP contribution in [0.2, 0.25) is 0 Å². The minimum atomic E-state index is -0.212. The Bertz CT molecular complexity index is 888. The molecule has 3 N–H and O–H groups in total. The molecule has 0 bridgehead atoms. The lowest BCUT2D eigenvalue weighted by atomic mass is 10.1. The van der Waals surface area contributed by atoms with E-state index in [0.29, 0.717) is 10.6 Å². The number of nitrogens with zero attached hydrogens (tertiary/aromatic N) is 1. The minimum Gasteiger partial charge on any atom is -0.397 e. The molecular formula is C16H14BrN3OS. The number of hydrogen-bond acceptors (Lipinski definition) is 4. The third-order valence-corrected chi connectivity index (χ3v) is 4.90. The summed E-state index contributed by atoms with van der Waals surface area (Å²) in [7, 11) is 0. The maximum Gasteiger partial charge on any atom is 0.267 e. The van der Waals surface area contributed by atoms with E-state index < -0.39 is 0 Å². The standard InChI is InChI=1S/C16H14BrN3OS/c1-8-6-9(2)19-16-12(8)13(18)14(22-16)15(21)20-11-5-3-4-10(17)7-11/h3-7H,18H2,1-2H3,(H,20,21). The first-order valence-electron chi connectivity index (χ1n) is 6.69. The number of thiophene rings is 1. The van der Waals surface area contributed by atoms with Crippen molar-refractivity contribution in [3.63, 3.8) is 0 Å². The van der Waals surface area contributed by atoms with Gasteiger partial charge in [0.1, 0.15) is 9.71 Å². The van der Waals surface area contributed by atoms with Crippen LogP contribution in [0.15, 0.2) is 34.8 Å². The number of nitrogens with one attached hydrogen (secondary N) is 1. The molecule has 22 heavy (non-hydrogen) atoms. The summed E-state index contributed by atoms with van der Waals surface area (Å²) in [6.07, 6.45) is 0. The third-order valence-electron chi connectivity index (χ3n) is 3.31. The number of hydrogen-bond donors (Lipinski definition) is 2. The van der Waals surface area contributed by atoms with E-state index in [1.54, 1.807) is 0 Å². The average molecular weight is 376 g/mol. The maximum absolute atomic E-state index is 12.5. The Morgan fingerprint density at radius 2 is 2.09 bits per heavy atom. The highest BCUT2D eigenvalue weighted by atomic mass is 79.9. The first-order chi connectivity index (χ1) is 10.5. The number of amides is 1. The van der Waals surface area contributed by atoms with Gasteiger partial charge in [0.25, 0.3) is 5.91 Å². The molecule has 0 atom stereocenters. The van der Waals surface area contributed by atoms with Gasteiger partial charge in [-0.15, -0.1) is 11.3 Å². The first-order valence-corrected chi connectivity index (χ1v) is 8.30. The highest BCUT2D eigenvalue weighted by Crippen LogP contribution is 2.35. The fraction of sp³-hybridized carbons (Fsp3) is 0.125. The van der Waals surface area contributed by atoms with Crippen LogP contribution in [0, 0.1) is 13.8 Å². The lowest BCUT2D eigenvalue weighted by Gasteiger charge is -2.05. The summed E-state index contributed by atoms with van der Waals surface area (Å²) < 4.78 is 0.905. The van der Waals surface area contributed by atoms with Crippen LogP contribution in [0.5, 0.6) is 0 Å². The van der Waals surface area contributed by atoms with Gasteiger partial charge in [0.05, 0.1) is 5.69 Å². The molecule has 0 saturated carbocycles. The number of benzene rings is 1. The molecule has 0 fully saturated rings. The zero-order chi connectivity index (χ0) is 15.9. The quantitative estimate of drug-likeness (QED) is 0.692. The number of aromatic nitrogens is 1. The Morgan fingerprint density at radius 3 is 2.82 bits per heavy atom. The van der Waals surface area contributed by atoms with Crippen molar-refractivity contribution in [2.45, 2.75) is 13.8 Å². The molecule has 0 saturated heterocycles. The van der Waals surface area contributed by atoms with Crippen LogP contribution >= 0.6 is 27.3 Å². The van der Waals surface area contributed by atoms with E-state index in [4.69, 9.17) is 5.73 Å².